The van der Waals surface area contributed by atoms with Crippen molar-refractivity contribution >= 4 is 5.69 Å². The second kappa shape index (κ2) is 6.50. The Morgan fingerprint density at radius 3 is 2.82 bits per heavy atom. The summed E-state index contributed by atoms with van der Waals surface area (Å²) in [5.41, 5.74) is 1.14. The van der Waals surface area contributed by atoms with Crippen LogP contribution in [0, 0.1) is 0 Å². The van der Waals surface area contributed by atoms with E-state index in [1.54, 1.807) is 0 Å². The van der Waals surface area contributed by atoms with E-state index in [9.17, 15) is 0 Å². The predicted octanol–water partition coefficient (Wildman–Crippen LogP) is 3.07. The van der Waals surface area contributed by atoms with Crippen molar-refractivity contribution < 1.29 is 9.47 Å². The average molecular weight is 235 g/mol. The molecule has 1 aromatic rings. The fraction of sp³-hybridized carbons (Fsp3) is 0.571. The Hall–Kier alpha value is -1.22. The molecule has 3 nitrogen and oxygen atoms in total. The van der Waals surface area contributed by atoms with Gasteiger partial charge in [0.15, 0.2) is 0 Å². The van der Waals surface area contributed by atoms with E-state index in [1.807, 2.05) is 12.1 Å². The third-order valence-corrected chi connectivity index (χ3v) is 2.86. The standard InChI is InChI=1S/C14H21NO2/c1-2-9-17-14-7-5-12(6-8-14)15-13-4-3-10-16-11-13/h5-8,13,15H,2-4,9-11H2,1H3. The molecule has 1 saturated heterocycles. The zero-order chi connectivity index (χ0) is 11.9. The van der Waals surface area contributed by atoms with Crippen LogP contribution in [-0.2, 0) is 4.74 Å². The molecule has 94 valence electrons. The molecule has 17 heavy (non-hydrogen) atoms. The second-order valence-corrected chi connectivity index (χ2v) is 4.43. The lowest BCUT2D eigenvalue weighted by Gasteiger charge is -2.24. The van der Waals surface area contributed by atoms with Gasteiger partial charge in [-0.15, -0.1) is 0 Å². The molecular weight excluding hydrogens is 214 g/mol. The van der Waals surface area contributed by atoms with Crippen LogP contribution in [0.25, 0.3) is 0 Å². The van der Waals surface area contributed by atoms with E-state index in [0.717, 1.165) is 44.1 Å². The maximum absolute atomic E-state index is 5.55. The number of hydrogen-bond donors (Lipinski definition) is 1. The van der Waals surface area contributed by atoms with Crippen LogP contribution in [-0.4, -0.2) is 25.9 Å². The molecule has 0 spiro atoms. The van der Waals surface area contributed by atoms with E-state index >= 15 is 0 Å². The molecule has 1 aromatic carbocycles. The molecule has 1 fully saturated rings. The maximum atomic E-state index is 5.55. The third kappa shape index (κ3) is 3.93. The molecule has 0 aliphatic carbocycles. The van der Waals surface area contributed by atoms with Crippen molar-refractivity contribution in [1.82, 2.24) is 0 Å². The lowest BCUT2D eigenvalue weighted by molar-refractivity contribution is 0.0876. The Balaban J connectivity index is 1.84. The van der Waals surface area contributed by atoms with Crippen LogP contribution in [0.4, 0.5) is 5.69 Å². The number of rotatable bonds is 5. The van der Waals surface area contributed by atoms with Crippen LogP contribution in [0.3, 0.4) is 0 Å². The van der Waals surface area contributed by atoms with E-state index in [-0.39, 0.29) is 0 Å². The van der Waals surface area contributed by atoms with Gasteiger partial charge in [0.05, 0.1) is 13.2 Å². The molecule has 1 N–H and O–H groups in total. The maximum Gasteiger partial charge on any atom is 0.119 e. The first-order chi connectivity index (χ1) is 8.38. The first kappa shape index (κ1) is 12.2. The van der Waals surface area contributed by atoms with Gasteiger partial charge in [0.1, 0.15) is 5.75 Å². The summed E-state index contributed by atoms with van der Waals surface area (Å²) in [7, 11) is 0. The Morgan fingerprint density at radius 2 is 2.18 bits per heavy atom. The molecule has 1 aliphatic heterocycles. The molecule has 1 aliphatic rings. The highest BCUT2D eigenvalue weighted by atomic mass is 16.5. The highest BCUT2D eigenvalue weighted by Gasteiger charge is 2.12. The minimum atomic E-state index is 0.450. The highest BCUT2D eigenvalue weighted by Crippen LogP contribution is 2.18. The van der Waals surface area contributed by atoms with Gasteiger partial charge in [0.25, 0.3) is 0 Å². The van der Waals surface area contributed by atoms with Gasteiger partial charge < -0.3 is 14.8 Å². The predicted molar refractivity (Wildman–Crippen MR) is 69.7 cm³/mol. The number of hydrogen-bond acceptors (Lipinski definition) is 3. The normalized spacial score (nSPS) is 19.9. The molecule has 2 rings (SSSR count). The van der Waals surface area contributed by atoms with Gasteiger partial charge in [-0.3, -0.25) is 0 Å². The molecule has 1 atom stereocenters. The summed E-state index contributed by atoms with van der Waals surface area (Å²) in [6.45, 7) is 4.61. The molecule has 0 radical (unpaired) electrons. The molecule has 0 bridgehead atoms. The lowest BCUT2D eigenvalue weighted by Crippen LogP contribution is -2.29. The lowest BCUT2D eigenvalue weighted by atomic mass is 10.1. The van der Waals surface area contributed by atoms with Crippen molar-refractivity contribution in [3.8, 4) is 5.75 Å². The summed E-state index contributed by atoms with van der Waals surface area (Å²) in [6.07, 6.45) is 3.38. The number of nitrogens with one attached hydrogen (secondary N) is 1. The molecular formula is C14H21NO2. The molecule has 1 unspecified atom stereocenters. The third-order valence-electron chi connectivity index (χ3n) is 2.86. The quantitative estimate of drug-likeness (QED) is 0.850. The minimum absolute atomic E-state index is 0.450. The fourth-order valence-corrected chi connectivity index (χ4v) is 1.96. The summed E-state index contributed by atoms with van der Waals surface area (Å²) in [5.74, 6) is 0.942. The zero-order valence-corrected chi connectivity index (χ0v) is 10.4. The van der Waals surface area contributed by atoms with Crippen molar-refractivity contribution in [2.45, 2.75) is 32.2 Å². The van der Waals surface area contributed by atoms with Crippen LogP contribution in [0.2, 0.25) is 0 Å². The van der Waals surface area contributed by atoms with Gasteiger partial charge in [-0.1, -0.05) is 6.92 Å². The first-order valence-electron chi connectivity index (χ1n) is 6.45. The first-order valence-corrected chi connectivity index (χ1v) is 6.45. The summed E-state index contributed by atoms with van der Waals surface area (Å²) >= 11 is 0. The van der Waals surface area contributed by atoms with Crippen LogP contribution in [0.5, 0.6) is 5.75 Å². The number of anilines is 1. The van der Waals surface area contributed by atoms with Crippen LogP contribution < -0.4 is 10.1 Å². The number of benzene rings is 1. The summed E-state index contributed by atoms with van der Waals surface area (Å²) < 4.78 is 11.0. The van der Waals surface area contributed by atoms with Gasteiger partial charge in [0, 0.05) is 18.3 Å². The van der Waals surface area contributed by atoms with Crippen LogP contribution in [0.1, 0.15) is 26.2 Å². The molecule has 0 aromatic heterocycles. The topological polar surface area (TPSA) is 30.5 Å². The molecule has 3 heteroatoms. The van der Waals surface area contributed by atoms with Gasteiger partial charge in [-0.05, 0) is 43.5 Å². The van der Waals surface area contributed by atoms with Crippen LogP contribution >= 0.6 is 0 Å². The van der Waals surface area contributed by atoms with E-state index in [1.165, 1.54) is 6.42 Å². The van der Waals surface area contributed by atoms with Gasteiger partial charge in [-0.25, -0.2) is 0 Å². The summed E-state index contributed by atoms with van der Waals surface area (Å²) in [6, 6.07) is 8.62. The number of ether oxygens (including phenoxy) is 2. The van der Waals surface area contributed by atoms with E-state index in [4.69, 9.17) is 9.47 Å². The Bertz CT molecular complexity index is 317. The van der Waals surface area contributed by atoms with Crippen molar-refractivity contribution in [1.29, 1.82) is 0 Å². The molecule has 1 heterocycles. The van der Waals surface area contributed by atoms with Crippen molar-refractivity contribution in [3.63, 3.8) is 0 Å². The summed E-state index contributed by atoms with van der Waals surface area (Å²) in [4.78, 5) is 0. The fourth-order valence-electron chi connectivity index (χ4n) is 1.96. The monoisotopic (exact) mass is 235 g/mol. The van der Waals surface area contributed by atoms with Gasteiger partial charge >= 0.3 is 0 Å². The Labute approximate surface area is 103 Å². The van der Waals surface area contributed by atoms with Crippen molar-refractivity contribution in [2.75, 3.05) is 25.1 Å². The Morgan fingerprint density at radius 1 is 1.35 bits per heavy atom. The van der Waals surface area contributed by atoms with E-state index in [2.05, 4.69) is 24.4 Å². The smallest absolute Gasteiger partial charge is 0.119 e. The largest absolute Gasteiger partial charge is 0.494 e. The van der Waals surface area contributed by atoms with Crippen molar-refractivity contribution in [2.24, 2.45) is 0 Å². The van der Waals surface area contributed by atoms with E-state index < -0.39 is 0 Å². The molecule has 0 saturated carbocycles. The average Bonchev–Trinajstić information content (AvgIpc) is 2.39. The van der Waals surface area contributed by atoms with E-state index in [0.29, 0.717) is 6.04 Å². The minimum Gasteiger partial charge on any atom is -0.494 e. The molecule has 0 amide bonds. The van der Waals surface area contributed by atoms with Crippen molar-refractivity contribution in [3.05, 3.63) is 24.3 Å². The van der Waals surface area contributed by atoms with Crippen LogP contribution in [0.15, 0.2) is 24.3 Å². The van der Waals surface area contributed by atoms with Gasteiger partial charge in [-0.2, -0.15) is 0 Å². The highest BCUT2D eigenvalue weighted by molar-refractivity contribution is 5.47. The van der Waals surface area contributed by atoms with Gasteiger partial charge in [0.2, 0.25) is 0 Å². The second-order valence-electron chi connectivity index (χ2n) is 4.43. The SMILES string of the molecule is CCCOc1ccc(NC2CCCOC2)cc1. The Kier molecular flexibility index (Phi) is 4.68. The zero-order valence-electron chi connectivity index (χ0n) is 10.4. The summed E-state index contributed by atoms with van der Waals surface area (Å²) in [5, 5.41) is 3.48.